The van der Waals surface area contributed by atoms with Crippen molar-refractivity contribution in [3.8, 4) is 10.6 Å². The molecule has 23 heavy (non-hydrogen) atoms. The molecule has 0 unspecified atom stereocenters. The molecule has 0 bridgehead atoms. The first-order valence-corrected chi connectivity index (χ1v) is 9.43. The second-order valence-corrected chi connectivity index (χ2v) is 7.87. The van der Waals surface area contributed by atoms with E-state index in [1.54, 1.807) is 11.3 Å². The monoisotopic (exact) mass is 371 g/mol. The maximum Gasteiger partial charge on any atom is 0.226 e. The van der Waals surface area contributed by atoms with Gasteiger partial charge in [-0.15, -0.1) is 35.1 Å². The van der Waals surface area contributed by atoms with Crippen LogP contribution in [0.2, 0.25) is 0 Å². The Balaban J connectivity index is 0.00000192. The lowest BCUT2D eigenvalue weighted by Gasteiger charge is -2.21. The quantitative estimate of drug-likeness (QED) is 0.822. The van der Waals surface area contributed by atoms with Crippen LogP contribution in [0.15, 0.2) is 17.5 Å². The zero-order chi connectivity index (χ0) is 15.4. The van der Waals surface area contributed by atoms with E-state index in [2.05, 4.69) is 34.7 Å². The largest absolute Gasteiger partial charge is 0.317 e. The first-order chi connectivity index (χ1) is 10.7. The zero-order valence-electron chi connectivity index (χ0n) is 13.1. The summed E-state index contributed by atoms with van der Waals surface area (Å²) in [6.07, 6.45) is 3.95. The molecule has 1 saturated heterocycles. The summed E-state index contributed by atoms with van der Waals surface area (Å²) in [4.78, 5) is 19.0. The van der Waals surface area contributed by atoms with Gasteiger partial charge in [0, 0.05) is 16.7 Å². The predicted molar refractivity (Wildman–Crippen MR) is 101 cm³/mol. The van der Waals surface area contributed by atoms with Crippen molar-refractivity contribution in [3.05, 3.63) is 22.4 Å². The molecule has 1 amide bonds. The number of nitrogens with zero attached hydrogens (tertiary/aromatic N) is 1. The number of carbonyl (C=O) groups excluding carboxylic acids is 1. The molecule has 2 aromatic heterocycles. The van der Waals surface area contributed by atoms with Crippen LogP contribution in [-0.4, -0.2) is 24.0 Å². The highest BCUT2D eigenvalue weighted by atomic mass is 35.5. The van der Waals surface area contributed by atoms with Gasteiger partial charge in [0.1, 0.15) is 0 Å². The molecule has 0 radical (unpaired) electrons. The van der Waals surface area contributed by atoms with Crippen molar-refractivity contribution in [3.63, 3.8) is 0 Å². The van der Waals surface area contributed by atoms with Crippen LogP contribution in [0.1, 0.15) is 30.6 Å². The number of thiazole rings is 1. The van der Waals surface area contributed by atoms with Crippen molar-refractivity contribution in [2.45, 2.75) is 32.6 Å². The van der Waals surface area contributed by atoms with E-state index in [-0.39, 0.29) is 18.3 Å². The van der Waals surface area contributed by atoms with E-state index in [4.69, 9.17) is 0 Å². The minimum absolute atomic E-state index is 0. The first-order valence-electron chi connectivity index (χ1n) is 7.73. The van der Waals surface area contributed by atoms with Gasteiger partial charge in [0.15, 0.2) is 5.13 Å². The molecule has 3 rings (SSSR count). The number of thiophene rings is 1. The van der Waals surface area contributed by atoms with E-state index in [1.807, 2.05) is 5.38 Å². The second kappa shape index (κ2) is 8.78. The molecule has 0 aromatic carbocycles. The highest BCUT2D eigenvalue weighted by Crippen LogP contribution is 2.30. The molecule has 1 fully saturated rings. The summed E-state index contributed by atoms with van der Waals surface area (Å²) in [6, 6.07) is 4.17. The average Bonchev–Trinajstić information content (AvgIpc) is 3.15. The van der Waals surface area contributed by atoms with Gasteiger partial charge in [-0.1, -0.05) is 0 Å². The Bertz CT molecular complexity index is 635. The van der Waals surface area contributed by atoms with Crippen LogP contribution in [0.3, 0.4) is 0 Å². The van der Waals surface area contributed by atoms with Crippen LogP contribution in [-0.2, 0) is 4.79 Å². The molecule has 1 aliphatic rings. The molecular weight excluding hydrogens is 350 g/mol. The third kappa shape index (κ3) is 5.28. The van der Waals surface area contributed by atoms with Gasteiger partial charge < -0.3 is 10.6 Å². The topological polar surface area (TPSA) is 54.0 Å². The second-order valence-electron chi connectivity index (χ2n) is 5.73. The molecule has 0 saturated carbocycles. The number of nitrogens with one attached hydrogen (secondary N) is 2. The van der Waals surface area contributed by atoms with E-state index in [0.717, 1.165) is 30.1 Å². The fraction of sp³-hybridized carbons (Fsp3) is 0.500. The third-order valence-corrected chi connectivity index (χ3v) is 5.76. The fourth-order valence-electron chi connectivity index (χ4n) is 2.70. The normalized spacial score (nSPS) is 15.2. The Morgan fingerprint density at radius 1 is 1.39 bits per heavy atom. The number of anilines is 1. The number of halogens is 1. The number of hydrogen-bond acceptors (Lipinski definition) is 5. The van der Waals surface area contributed by atoms with Gasteiger partial charge in [-0.2, -0.15) is 0 Å². The molecule has 2 aromatic rings. The number of aromatic nitrogens is 1. The van der Waals surface area contributed by atoms with Crippen LogP contribution in [0, 0.1) is 12.8 Å². The maximum atomic E-state index is 12.0. The summed E-state index contributed by atoms with van der Waals surface area (Å²) in [7, 11) is 0. The first kappa shape index (κ1) is 18.4. The number of rotatable bonds is 5. The Morgan fingerprint density at radius 3 is 2.87 bits per heavy atom. The number of piperidine rings is 1. The van der Waals surface area contributed by atoms with Crippen LogP contribution in [0.25, 0.3) is 10.6 Å². The van der Waals surface area contributed by atoms with Crippen molar-refractivity contribution < 1.29 is 4.79 Å². The van der Waals surface area contributed by atoms with Crippen LogP contribution < -0.4 is 10.6 Å². The Labute approximate surface area is 151 Å². The molecule has 4 nitrogen and oxygen atoms in total. The number of amides is 1. The molecule has 2 N–H and O–H groups in total. The highest BCUT2D eigenvalue weighted by molar-refractivity contribution is 7.17. The number of carbonyl (C=O) groups is 1. The lowest BCUT2D eigenvalue weighted by Crippen LogP contribution is -2.28. The van der Waals surface area contributed by atoms with Crippen LogP contribution >= 0.6 is 35.1 Å². The smallest absolute Gasteiger partial charge is 0.226 e. The summed E-state index contributed by atoms with van der Waals surface area (Å²) < 4.78 is 0. The zero-order valence-corrected chi connectivity index (χ0v) is 15.6. The van der Waals surface area contributed by atoms with E-state index in [1.165, 1.54) is 29.1 Å². The Kier molecular flexibility index (Phi) is 7.02. The molecule has 3 heterocycles. The molecule has 126 valence electrons. The predicted octanol–water partition coefficient (Wildman–Crippen LogP) is 4.32. The Morgan fingerprint density at radius 2 is 2.17 bits per heavy atom. The lowest BCUT2D eigenvalue weighted by molar-refractivity contribution is -0.116. The Hall–Kier alpha value is -0.950. The third-order valence-electron chi connectivity index (χ3n) is 3.98. The van der Waals surface area contributed by atoms with Crippen LogP contribution in [0.5, 0.6) is 0 Å². The summed E-state index contributed by atoms with van der Waals surface area (Å²) >= 11 is 3.22. The molecule has 0 aliphatic carbocycles. The maximum absolute atomic E-state index is 12.0. The molecule has 1 aliphatic heterocycles. The summed E-state index contributed by atoms with van der Waals surface area (Å²) in [5.74, 6) is 0.773. The number of hydrogen-bond donors (Lipinski definition) is 2. The average molecular weight is 372 g/mol. The number of aryl methyl sites for hydroxylation is 1. The van der Waals surface area contributed by atoms with E-state index in [9.17, 15) is 4.79 Å². The van der Waals surface area contributed by atoms with Crippen molar-refractivity contribution in [2.24, 2.45) is 5.92 Å². The van der Waals surface area contributed by atoms with Crippen molar-refractivity contribution in [1.29, 1.82) is 0 Å². The van der Waals surface area contributed by atoms with Crippen molar-refractivity contribution in [1.82, 2.24) is 10.3 Å². The minimum Gasteiger partial charge on any atom is -0.317 e. The minimum atomic E-state index is 0. The van der Waals surface area contributed by atoms with Crippen molar-refractivity contribution in [2.75, 3.05) is 18.4 Å². The van der Waals surface area contributed by atoms with E-state index >= 15 is 0 Å². The van der Waals surface area contributed by atoms with Gasteiger partial charge in [-0.05, 0) is 57.3 Å². The fourth-order valence-corrected chi connectivity index (χ4v) is 4.33. The van der Waals surface area contributed by atoms with Gasteiger partial charge in [0.25, 0.3) is 0 Å². The van der Waals surface area contributed by atoms with Gasteiger partial charge in [0.2, 0.25) is 5.91 Å². The van der Waals surface area contributed by atoms with Gasteiger partial charge in [-0.25, -0.2) is 4.98 Å². The van der Waals surface area contributed by atoms with Gasteiger partial charge in [0.05, 0.1) is 10.6 Å². The van der Waals surface area contributed by atoms with Gasteiger partial charge >= 0.3 is 0 Å². The molecule has 0 spiro atoms. The summed E-state index contributed by atoms with van der Waals surface area (Å²) in [6.45, 7) is 4.26. The summed E-state index contributed by atoms with van der Waals surface area (Å²) in [5, 5.41) is 9.00. The molecular formula is C16H22ClN3OS2. The van der Waals surface area contributed by atoms with Crippen molar-refractivity contribution >= 4 is 46.1 Å². The highest BCUT2D eigenvalue weighted by Gasteiger charge is 2.15. The molecule has 0 atom stereocenters. The SMILES string of the molecule is Cc1ccc(-c2csc(NC(=O)CCC3CCNCC3)n2)s1.Cl. The van der Waals surface area contributed by atoms with E-state index < -0.39 is 0 Å². The lowest BCUT2D eigenvalue weighted by atomic mass is 9.93. The van der Waals surface area contributed by atoms with Gasteiger partial charge in [-0.3, -0.25) is 4.79 Å². The summed E-state index contributed by atoms with van der Waals surface area (Å²) in [5.41, 5.74) is 0.955. The van der Waals surface area contributed by atoms with Crippen LogP contribution in [0.4, 0.5) is 5.13 Å². The standard InChI is InChI=1S/C16H21N3OS2.ClH/c1-11-2-4-14(22-11)13-10-21-16(18-13)19-15(20)5-3-12-6-8-17-9-7-12;/h2,4,10,12,17H,3,5-9H2,1H3,(H,18,19,20);1H. The molecule has 7 heteroatoms. The van der Waals surface area contributed by atoms with E-state index in [0.29, 0.717) is 17.5 Å².